The molecule has 0 radical (unpaired) electrons. The molecule has 33 heavy (non-hydrogen) atoms. The van der Waals surface area contributed by atoms with Crippen molar-refractivity contribution >= 4 is 10.9 Å². The number of piperidine rings is 1. The second kappa shape index (κ2) is 9.48. The molecule has 2 aromatic carbocycles. The summed E-state index contributed by atoms with van der Waals surface area (Å²) in [6.07, 6.45) is 10.7. The molecule has 0 spiro atoms. The highest BCUT2D eigenvalue weighted by molar-refractivity contribution is 5.84. The topological polar surface area (TPSA) is 64.9 Å². The van der Waals surface area contributed by atoms with Gasteiger partial charge < -0.3 is 9.72 Å². The third-order valence-electron chi connectivity index (χ3n) is 6.71. The van der Waals surface area contributed by atoms with E-state index in [1.54, 1.807) is 7.11 Å². The van der Waals surface area contributed by atoms with Gasteiger partial charge in [0.05, 0.1) is 18.7 Å². The van der Waals surface area contributed by atoms with E-state index in [1.807, 2.05) is 42.7 Å². The fraction of sp³-hybridized carbons (Fsp3) is 0.286. The molecule has 1 unspecified atom stereocenters. The van der Waals surface area contributed by atoms with Crippen molar-refractivity contribution in [2.75, 3.05) is 20.2 Å². The third kappa shape index (κ3) is 4.48. The number of ether oxygens (including phenoxy) is 1. The lowest BCUT2D eigenvalue weighted by molar-refractivity contribution is 0.162. The maximum atomic E-state index is 9.38. The van der Waals surface area contributed by atoms with Gasteiger partial charge in [0.1, 0.15) is 5.75 Å². The van der Waals surface area contributed by atoms with Crippen molar-refractivity contribution in [3.8, 4) is 22.9 Å². The smallest absolute Gasteiger partial charge is 0.118 e. The van der Waals surface area contributed by atoms with Gasteiger partial charge in [-0.1, -0.05) is 18.6 Å². The molecular formula is C28H28N4O. The standard InChI is InChI=1S/C28H28N4O/c1-33-25-8-6-21(7-9-25)22-14-24(18-30-17-22)28(32-11-3-2-4-12-32)15-23-19-31-27-10-5-20(16-29)13-26(23)27/h5-10,13-14,17-19,28,31H,2-4,11-12,15H2,1H3. The Morgan fingerprint density at radius 1 is 1.03 bits per heavy atom. The van der Waals surface area contributed by atoms with Gasteiger partial charge in [-0.05, 0) is 85.4 Å². The number of hydrogen-bond acceptors (Lipinski definition) is 4. The Bertz CT molecular complexity index is 1280. The van der Waals surface area contributed by atoms with E-state index >= 15 is 0 Å². The summed E-state index contributed by atoms with van der Waals surface area (Å²) < 4.78 is 5.31. The van der Waals surface area contributed by atoms with Gasteiger partial charge in [-0.15, -0.1) is 0 Å². The van der Waals surface area contributed by atoms with E-state index in [9.17, 15) is 5.26 Å². The second-order valence-corrected chi connectivity index (χ2v) is 8.74. The number of nitrogens with one attached hydrogen (secondary N) is 1. The number of fused-ring (bicyclic) bond motifs is 1. The first kappa shape index (κ1) is 21.2. The van der Waals surface area contributed by atoms with Crippen LogP contribution in [0.15, 0.2) is 67.1 Å². The number of aromatic amines is 1. The number of rotatable bonds is 6. The highest BCUT2D eigenvalue weighted by Crippen LogP contribution is 2.33. The van der Waals surface area contributed by atoms with Crippen LogP contribution in [-0.4, -0.2) is 35.1 Å². The average Bonchev–Trinajstić information content (AvgIpc) is 3.29. The van der Waals surface area contributed by atoms with Crippen LogP contribution in [0.3, 0.4) is 0 Å². The maximum Gasteiger partial charge on any atom is 0.118 e. The van der Waals surface area contributed by atoms with Crippen LogP contribution in [0.25, 0.3) is 22.0 Å². The third-order valence-corrected chi connectivity index (χ3v) is 6.71. The Balaban J connectivity index is 1.51. The van der Waals surface area contributed by atoms with Crippen LogP contribution in [0, 0.1) is 11.3 Å². The summed E-state index contributed by atoms with van der Waals surface area (Å²) in [5.41, 5.74) is 6.49. The molecule has 2 aromatic heterocycles. The predicted molar refractivity (Wildman–Crippen MR) is 131 cm³/mol. The van der Waals surface area contributed by atoms with Crippen LogP contribution in [0.2, 0.25) is 0 Å². The summed E-state index contributed by atoms with van der Waals surface area (Å²) in [4.78, 5) is 10.6. The van der Waals surface area contributed by atoms with Crippen molar-refractivity contribution in [1.82, 2.24) is 14.9 Å². The number of nitriles is 1. The van der Waals surface area contributed by atoms with E-state index < -0.39 is 0 Å². The molecule has 1 saturated heterocycles. The van der Waals surface area contributed by atoms with Gasteiger partial charge in [0, 0.05) is 41.1 Å². The van der Waals surface area contributed by atoms with Gasteiger partial charge >= 0.3 is 0 Å². The summed E-state index contributed by atoms with van der Waals surface area (Å²) in [5.74, 6) is 0.852. The van der Waals surface area contributed by atoms with E-state index in [-0.39, 0.29) is 6.04 Å². The molecule has 0 amide bonds. The van der Waals surface area contributed by atoms with E-state index in [0.29, 0.717) is 5.56 Å². The van der Waals surface area contributed by atoms with Crippen molar-refractivity contribution < 1.29 is 4.74 Å². The monoisotopic (exact) mass is 436 g/mol. The van der Waals surface area contributed by atoms with Crippen LogP contribution in [-0.2, 0) is 6.42 Å². The van der Waals surface area contributed by atoms with Gasteiger partial charge in [-0.3, -0.25) is 9.88 Å². The molecule has 4 aromatic rings. The number of aromatic nitrogens is 2. The van der Waals surface area contributed by atoms with Gasteiger partial charge in [0.25, 0.3) is 0 Å². The number of H-pyrrole nitrogens is 1. The fourth-order valence-corrected chi connectivity index (χ4v) is 4.89. The summed E-state index contributed by atoms with van der Waals surface area (Å²) in [6, 6.07) is 18.8. The first-order valence-corrected chi connectivity index (χ1v) is 11.6. The van der Waals surface area contributed by atoms with E-state index in [4.69, 9.17) is 4.74 Å². The van der Waals surface area contributed by atoms with E-state index in [1.165, 1.54) is 30.4 Å². The first-order chi connectivity index (χ1) is 16.2. The lowest BCUT2D eigenvalue weighted by Gasteiger charge is -2.35. The van der Waals surface area contributed by atoms with Crippen LogP contribution in [0.5, 0.6) is 5.75 Å². The van der Waals surface area contributed by atoms with Gasteiger partial charge in [0.2, 0.25) is 0 Å². The lowest BCUT2D eigenvalue weighted by Crippen LogP contribution is -2.35. The SMILES string of the molecule is COc1ccc(-c2cncc(C(Cc3c[nH]c4ccc(C#N)cc34)N3CCCCC3)c2)cc1. The molecule has 5 nitrogen and oxygen atoms in total. The molecule has 5 rings (SSSR count). The van der Waals surface area contributed by atoms with Crippen molar-refractivity contribution in [2.45, 2.75) is 31.7 Å². The summed E-state index contributed by atoms with van der Waals surface area (Å²) in [6.45, 7) is 2.20. The maximum absolute atomic E-state index is 9.38. The number of pyridine rings is 1. The Morgan fingerprint density at radius 3 is 2.61 bits per heavy atom. The van der Waals surface area contributed by atoms with Gasteiger partial charge in [-0.25, -0.2) is 0 Å². The largest absolute Gasteiger partial charge is 0.497 e. The summed E-state index contributed by atoms with van der Waals surface area (Å²) >= 11 is 0. The Hall–Kier alpha value is -3.62. The Morgan fingerprint density at radius 2 is 1.85 bits per heavy atom. The van der Waals surface area contributed by atoms with Crippen molar-refractivity contribution in [3.63, 3.8) is 0 Å². The second-order valence-electron chi connectivity index (χ2n) is 8.74. The molecule has 5 heteroatoms. The van der Waals surface area contributed by atoms with E-state index in [0.717, 1.165) is 47.3 Å². The Kier molecular flexibility index (Phi) is 6.10. The van der Waals surface area contributed by atoms with Crippen molar-refractivity contribution in [3.05, 3.63) is 83.8 Å². The molecule has 1 aliphatic rings. The number of methoxy groups -OCH3 is 1. The molecule has 0 aliphatic carbocycles. The number of likely N-dealkylation sites (tertiary alicyclic amines) is 1. The molecule has 1 atom stereocenters. The highest BCUT2D eigenvalue weighted by Gasteiger charge is 2.24. The molecule has 3 heterocycles. The fourth-order valence-electron chi connectivity index (χ4n) is 4.89. The molecule has 0 bridgehead atoms. The minimum Gasteiger partial charge on any atom is -0.497 e. The lowest BCUT2D eigenvalue weighted by atomic mass is 9.94. The molecule has 1 N–H and O–H groups in total. The van der Waals surface area contributed by atoms with Gasteiger partial charge in [0.15, 0.2) is 0 Å². The van der Waals surface area contributed by atoms with E-state index in [2.05, 4.69) is 45.3 Å². The van der Waals surface area contributed by atoms with Crippen LogP contribution < -0.4 is 4.74 Å². The summed E-state index contributed by atoms with van der Waals surface area (Å²) in [5, 5.41) is 10.5. The predicted octanol–water partition coefficient (Wildman–Crippen LogP) is 5.88. The minimum atomic E-state index is 0.237. The van der Waals surface area contributed by atoms with Gasteiger partial charge in [-0.2, -0.15) is 5.26 Å². The molecule has 1 fully saturated rings. The number of nitrogens with zero attached hydrogens (tertiary/aromatic N) is 3. The van der Waals surface area contributed by atoms with Crippen molar-refractivity contribution in [1.29, 1.82) is 5.26 Å². The molecule has 1 aliphatic heterocycles. The quantitative estimate of drug-likeness (QED) is 0.410. The first-order valence-electron chi connectivity index (χ1n) is 11.6. The molecule has 166 valence electrons. The molecule has 0 saturated carbocycles. The normalized spacial score (nSPS) is 15.3. The number of benzene rings is 2. The number of hydrogen-bond donors (Lipinski definition) is 1. The van der Waals surface area contributed by atoms with Crippen LogP contribution in [0.4, 0.5) is 0 Å². The zero-order valence-electron chi connectivity index (χ0n) is 18.9. The van der Waals surface area contributed by atoms with Crippen molar-refractivity contribution in [2.24, 2.45) is 0 Å². The zero-order valence-corrected chi connectivity index (χ0v) is 18.9. The molecular weight excluding hydrogens is 408 g/mol. The highest BCUT2D eigenvalue weighted by atomic mass is 16.5. The zero-order chi connectivity index (χ0) is 22.6. The van der Waals surface area contributed by atoms with Crippen LogP contribution in [0.1, 0.15) is 42.0 Å². The average molecular weight is 437 g/mol. The minimum absolute atomic E-state index is 0.237. The van der Waals surface area contributed by atoms with Crippen LogP contribution >= 0.6 is 0 Å². The summed E-state index contributed by atoms with van der Waals surface area (Å²) in [7, 11) is 1.69. The Labute approximate surface area is 194 Å².